The van der Waals surface area contributed by atoms with Gasteiger partial charge in [-0.1, -0.05) is 24.3 Å². The lowest BCUT2D eigenvalue weighted by atomic mass is 10.1. The van der Waals surface area contributed by atoms with E-state index in [1.165, 1.54) is 11.1 Å². The summed E-state index contributed by atoms with van der Waals surface area (Å²) >= 11 is 5.14. The predicted molar refractivity (Wildman–Crippen MR) is 95.3 cm³/mol. The molecule has 0 fully saturated rings. The van der Waals surface area contributed by atoms with Crippen LogP contribution in [0.1, 0.15) is 16.8 Å². The average Bonchev–Trinajstić information content (AvgIpc) is 2.50. The number of benzene rings is 1. The Labute approximate surface area is 141 Å². The van der Waals surface area contributed by atoms with Crippen LogP contribution in [0.3, 0.4) is 0 Å². The van der Waals surface area contributed by atoms with E-state index in [-0.39, 0.29) is 5.56 Å². The van der Waals surface area contributed by atoms with Crippen molar-refractivity contribution in [2.24, 2.45) is 0 Å². The zero-order valence-corrected chi connectivity index (χ0v) is 14.5. The van der Waals surface area contributed by atoms with Crippen LogP contribution in [0.4, 0.5) is 0 Å². The number of aromatic nitrogens is 2. The second-order valence-corrected chi connectivity index (χ2v) is 6.98. The molecule has 0 N–H and O–H groups in total. The SMILES string of the molecule is Cc1ccccc1CSCc1cc(=O)n2cc(Br)ccc2n1. The first-order valence-corrected chi connectivity index (χ1v) is 8.88. The van der Waals surface area contributed by atoms with Gasteiger partial charge in [0.15, 0.2) is 0 Å². The molecule has 2 aromatic heterocycles. The monoisotopic (exact) mass is 374 g/mol. The molecule has 0 aliphatic heterocycles. The van der Waals surface area contributed by atoms with Gasteiger partial charge in [-0.15, -0.1) is 0 Å². The van der Waals surface area contributed by atoms with Gasteiger partial charge in [-0.25, -0.2) is 4.98 Å². The molecule has 0 aliphatic rings. The fourth-order valence-electron chi connectivity index (χ4n) is 2.24. The van der Waals surface area contributed by atoms with Crippen molar-refractivity contribution in [3.63, 3.8) is 0 Å². The van der Waals surface area contributed by atoms with Gasteiger partial charge < -0.3 is 0 Å². The normalized spacial score (nSPS) is 11.0. The van der Waals surface area contributed by atoms with E-state index in [0.29, 0.717) is 5.65 Å². The van der Waals surface area contributed by atoms with Gasteiger partial charge in [0.05, 0.1) is 5.69 Å². The van der Waals surface area contributed by atoms with Gasteiger partial charge in [-0.3, -0.25) is 9.20 Å². The first-order chi connectivity index (χ1) is 10.6. The summed E-state index contributed by atoms with van der Waals surface area (Å²) in [5, 5.41) is 0. The van der Waals surface area contributed by atoms with Gasteiger partial charge in [-0.05, 0) is 46.1 Å². The van der Waals surface area contributed by atoms with E-state index >= 15 is 0 Å². The van der Waals surface area contributed by atoms with E-state index in [1.807, 2.05) is 18.2 Å². The van der Waals surface area contributed by atoms with Gasteiger partial charge in [0.25, 0.3) is 5.56 Å². The third-order valence-corrected chi connectivity index (χ3v) is 4.93. The van der Waals surface area contributed by atoms with Crippen molar-refractivity contribution in [2.45, 2.75) is 18.4 Å². The quantitative estimate of drug-likeness (QED) is 0.686. The van der Waals surface area contributed by atoms with Gasteiger partial charge >= 0.3 is 0 Å². The lowest BCUT2D eigenvalue weighted by Crippen LogP contribution is -2.15. The second-order valence-electron chi connectivity index (χ2n) is 5.08. The molecule has 0 aliphatic carbocycles. The number of thioether (sulfide) groups is 1. The smallest absolute Gasteiger partial charge is 0.258 e. The second kappa shape index (κ2) is 6.67. The van der Waals surface area contributed by atoms with Crippen LogP contribution in [-0.2, 0) is 11.5 Å². The Balaban J connectivity index is 1.76. The summed E-state index contributed by atoms with van der Waals surface area (Å²) < 4.78 is 2.42. The number of halogens is 1. The van der Waals surface area contributed by atoms with Crippen LogP contribution in [0, 0.1) is 6.92 Å². The number of fused-ring (bicyclic) bond motifs is 1. The van der Waals surface area contributed by atoms with Crippen molar-refractivity contribution in [3.05, 3.63) is 80.3 Å². The Bertz CT molecular complexity index is 876. The third kappa shape index (κ3) is 3.42. The fourth-order valence-corrected chi connectivity index (χ4v) is 3.58. The zero-order valence-electron chi connectivity index (χ0n) is 12.1. The number of pyridine rings is 1. The summed E-state index contributed by atoms with van der Waals surface area (Å²) in [6, 6.07) is 13.7. The summed E-state index contributed by atoms with van der Waals surface area (Å²) in [5.41, 5.74) is 4.09. The van der Waals surface area contributed by atoms with E-state index in [4.69, 9.17) is 0 Å². The van der Waals surface area contributed by atoms with Crippen molar-refractivity contribution in [1.29, 1.82) is 0 Å². The Morgan fingerprint density at radius 1 is 1.18 bits per heavy atom. The lowest BCUT2D eigenvalue weighted by molar-refractivity contribution is 1.01. The fraction of sp³-hybridized carbons (Fsp3) is 0.176. The van der Waals surface area contributed by atoms with Crippen molar-refractivity contribution in [3.8, 4) is 0 Å². The maximum atomic E-state index is 12.1. The molecule has 0 saturated carbocycles. The minimum atomic E-state index is -0.0437. The van der Waals surface area contributed by atoms with Crippen molar-refractivity contribution in [1.82, 2.24) is 9.38 Å². The highest BCUT2D eigenvalue weighted by Crippen LogP contribution is 2.19. The first kappa shape index (κ1) is 15.3. The molecule has 1 aromatic carbocycles. The molecule has 2 heterocycles. The number of hydrogen-bond donors (Lipinski definition) is 0. The Morgan fingerprint density at radius 2 is 2.00 bits per heavy atom. The summed E-state index contributed by atoms with van der Waals surface area (Å²) in [7, 11) is 0. The largest absolute Gasteiger partial charge is 0.269 e. The van der Waals surface area contributed by atoms with Gasteiger partial charge in [0, 0.05) is 28.2 Å². The zero-order chi connectivity index (χ0) is 15.5. The molecule has 3 nitrogen and oxygen atoms in total. The van der Waals surface area contributed by atoms with Crippen LogP contribution in [0.15, 0.2) is 57.9 Å². The molecule has 0 unspecified atom stereocenters. The number of hydrogen-bond acceptors (Lipinski definition) is 3. The van der Waals surface area contributed by atoms with Crippen LogP contribution in [0.25, 0.3) is 5.65 Å². The molecular weight excluding hydrogens is 360 g/mol. The highest BCUT2D eigenvalue weighted by Gasteiger charge is 2.04. The van der Waals surface area contributed by atoms with E-state index in [0.717, 1.165) is 21.7 Å². The van der Waals surface area contributed by atoms with Gasteiger partial charge in [0.2, 0.25) is 0 Å². The molecule has 0 bridgehead atoms. The van der Waals surface area contributed by atoms with Crippen LogP contribution in [-0.4, -0.2) is 9.38 Å². The minimum Gasteiger partial charge on any atom is -0.269 e. The molecule has 3 aromatic rings. The maximum Gasteiger partial charge on any atom is 0.258 e. The van der Waals surface area contributed by atoms with E-state index in [1.54, 1.807) is 28.4 Å². The molecule has 3 rings (SSSR count). The molecule has 5 heteroatoms. The number of aryl methyl sites for hydroxylation is 1. The standard InChI is InChI=1S/C17H15BrN2OS/c1-12-4-2-3-5-13(12)10-22-11-15-8-17(21)20-9-14(18)6-7-16(20)19-15/h2-9H,10-11H2,1H3. The highest BCUT2D eigenvalue weighted by molar-refractivity contribution is 9.10. The van der Waals surface area contributed by atoms with Crippen LogP contribution >= 0.6 is 27.7 Å². The predicted octanol–water partition coefficient (Wildman–Crippen LogP) is 4.20. The van der Waals surface area contributed by atoms with Crippen LogP contribution in [0.5, 0.6) is 0 Å². The molecule has 112 valence electrons. The van der Waals surface area contributed by atoms with Crippen LogP contribution in [0.2, 0.25) is 0 Å². The summed E-state index contributed by atoms with van der Waals surface area (Å²) in [6.07, 6.45) is 1.74. The Morgan fingerprint density at radius 3 is 2.82 bits per heavy atom. The topological polar surface area (TPSA) is 34.4 Å². The molecule has 0 saturated heterocycles. The van der Waals surface area contributed by atoms with Crippen molar-refractivity contribution in [2.75, 3.05) is 0 Å². The first-order valence-electron chi connectivity index (χ1n) is 6.93. The number of nitrogens with zero attached hydrogens (tertiary/aromatic N) is 2. The van der Waals surface area contributed by atoms with Gasteiger partial charge in [-0.2, -0.15) is 11.8 Å². The Kier molecular flexibility index (Phi) is 4.64. The van der Waals surface area contributed by atoms with E-state index in [2.05, 4.69) is 46.0 Å². The molecule has 22 heavy (non-hydrogen) atoms. The Hall–Kier alpha value is -1.59. The number of rotatable bonds is 4. The van der Waals surface area contributed by atoms with E-state index < -0.39 is 0 Å². The average molecular weight is 375 g/mol. The molecule has 0 radical (unpaired) electrons. The third-order valence-electron chi connectivity index (χ3n) is 3.45. The van der Waals surface area contributed by atoms with Crippen molar-refractivity contribution < 1.29 is 0 Å². The molecular formula is C17H15BrN2OS. The van der Waals surface area contributed by atoms with E-state index in [9.17, 15) is 4.79 Å². The lowest BCUT2D eigenvalue weighted by Gasteiger charge is -2.06. The van der Waals surface area contributed by atoms with Crippen molar-refractivity contribution >= 4 is 33.3 Å². The molecule has 0 atom stereocenters. The van der Waals surface area contributed by atoms with Crippen LogP contribution < -0.4 is 5.56 Å². The minimum absolute atomic E-state index is 0.0437. The summed E-state index contributed by atoms with van der Waals surface area (Å²) in [6.45, 7) is 2.12. The maximum absolute atomic E-state index is 12.1. The summed E-state index contributed by atoms with van der Waals surface area (Å²) in [4.78, 5) is 16.7. The van der Waals surface area contributed by atoms with Gasteiger partial charge in [0.1, 0.15) is 5.65 Å². The highest BCUT2D eigenvalue weighted by atomic mass is 79.9. The summed E-state index contributed by atoms with van der Waals surface area (Å²) in [5.74, 6) is 1.66. The molecule has 0 amide bonds. The molecule has 0 spiro atoms.